The zero-order valence-electron chi connectivity index (χ0n) is 4.59. The molecule has 0 saturated carbocycles. The number of amides is 1. The molecule has 0 rings (SSSR count). The van der Waals surface area contributed by atoms with Crippen LogP contribution in [0.3, 0.4) is 0 Å². The van der Waals surface area contributed by atoms with E-state index in [-0.39, 0.29) is 12.5 Å². The Hall–Kier alpha value is -0.304. The van der Waals surface area contributed by atoms with Gasteiger partial charge in [0.25, 0.3) is 0 Å². The number of nitrogens with one attached hydrogen (secondary N) is 1. The molecule has 9 heavy (non-hydrogen) atoms. The summed E-state index contributed by atoms with van der Waals surface area (Å²) < 4.78 is 15.4. The van der Waals surface area contributed by atoms with Crippen molar-refractivity contribution in [1.29, 1.82) is 0 Å². The number of nitrogens with two attached hydrogens (primary N) is 1. The van der Waals surface area contributed by atoms with Crippen LogP contribution in [0, 0.1) is 7.05 Å². The Morgan fingerprint density at radius 3 is 2.22 bits per heavy atom. The summed E-state index contributed by atoms with van der Waals surface area (Å²) in [6.07, 6.45) is 0. The van der Waals surface area contributed by atoms with Crippen molar-refractivity contribution < 1.29 is 27.8 Å². The van der Waals surface area contributed by atoms with Crippen LogP contribution < -0.4 is 11.1 Å². The molecule has 0 fully saturated rings. The quantitative estimate of drug-likeness (QED) is 0.413. The Balaban J connectivity index is 0. The van der Waals surface area contributed by atoms with Crippen LogP contribution in [0.15, 0.2) is 0 Å². The van der Waals surface area contributed by atoms with Crippen LogP contribution in [-0.2, 0) is 23.6 Å². The van der Waals surface area contributed by atoms with Gasteiger partial charge in [0.1, 0.15) is 0 Å². The molecule has 1 amide bonds. The first-order valence-electron chi connectivity index (χ1n) is 1.85. The van der Waals surface area contributed by atoms with E-state index in [2.05, 4.69) is 12.4 Å². The van der Waals surface area contributed by atoms with Crippen molar-refractivity contribution in [3.63, 3.8) is 0 Å². The Morgan fingerprint density at radius 2 is 2.22 bits per heavy atom. The molecule has 0 heterocycles. The van der Waals surface area contributed by atoms with Crippen LogP contribution in [0.4, 0.5) is 0 Å². The van der Waals surface area contributed by atoms with Gasteiger partial charge >= 0.3 is 23.0 Å². The maximum absolute atomic E-state index is 9.88. The van der Waals surface area contributed by atoms with Crippen LogP contribution in [0.25, 0.3) is 0 Å². The molecule has 0 aromatic rings. The fourth-order valence-electron chi connectivity index (χ4n) is 0.0722. The van der Waals surface area contributed by atoms with E-state index in [4.69, 9.17) is 13.8 Å². The van der Waals surface area contributed by atoms with Crippen molar-refractivity contribution >= 4 is 5.91 Å². The second-order valence-electron chi connectivity index (χ2n) is 0.865. The third-order valence-corrected chi connectivity index (χ3v) is 0.383. The zero-order valence-corrected chi connectivity index (χ0v) is 5.63. The van der Waals surface area contributed by atoms with E-state index in [9.17, 15) is 4.79 Å². The van der Waals surface area contributed by atoms with E-state index in [0.29, 0.717) is 0 Å². The molecular formula is C3H8CoN2O3-. The van der Waals surface area contributed by atoms with E-state index in [1.54, 1.807) is 0 Å². The Morgan fingerprint density at radius 1 is 1.89 bits per heavy atom. The normalized spacial score (nSPS) is 7.44. The standard InChI is InChI=1S/C3H7N2O.Co.H2O.O/c1-5-3(6)2-4;;;/h1-2,4H2,(H,5,6);;1H2;/q-1;+1;;/p-1. The minimum absolute atomic E-state index is 0.0174. The van der Waals surface area contributed by atoms with Gasteiger partial charge in [0.05, 0.1) is 6.54 Å². The summed E-state index contributed by atoms with van der Waals surface area (Å²) in [6.45, 7) is 0.0174. The van der Waals surface area contributed by atoms with Crippen LogP contribution >= 0.6 is 0 Å². The van der Waals surface area contributed by atoms with E-state index >= 15 is 0 Å². The fourth-order valence-corrected chi connectivity index (χ4v) is 0.0722. The molecule has 0 spiro atoms. The average Bonchev–Trinajstić information content (AvgIpc) is 1.88. The van der Waals surface area contributed by atoms with Gasteiger partial charge in [-0.1, -0.05) is 0 Å². The molecule has 0 aromatic carbocycles. The van der Waals surface area contributed by atoms with E-state index in [1.807, 2.05) is 0 Å². The molecule has 0 unspecified atom stereocenters. The molecule has 0 atom stereocenters. The molecule has 0 aromatic heterocycles. The summed E-state index contributed by atoms with van der Waals surface area (Å²) in [6, 6.07) is 0. The average molecular weight is 179 g/mol. The van der Waals surface area contributed by atoms with Crippen molar-refractivity contribution in [2.75, 3.05) is 6.54 Å². The van der Waals surface area contributed by atoms with E-state index < -0.39 is 15.0 Å². The summed E-state index contributed by atoms with van der Waals surface area (Å²) in [7, 11) is 3.08. The van der Waals surface area contributed by atoms with Crippen molar-refractivity contribution in [1.82, 2.24) is 5.32 Å². The maximum atomic E-state index is 9.88. The molecular weight excluding hydrogens is 171 g/mol. The van der Waals surface area contributed by atoms with Crippen molar-refractivity contribution in [2.24, 2.45) is 5.73 Å². The number of hydrogen-bond donors (Lipinski definition) is 3. The van der Waals surface area contributed by atoms with Gasteiger partial charge in [-0.25, -0.2) is 0 Å². The third-order valence-electron chi connectivity index (χ3n) is 0.383. The number of rotatable bonds is 1. The molecule has 4 N–H and O–H groups in total. The summed E-state index contributed by atoms with van der Waals surface area (Å²) in [5.41, 5.74) is 4.83. The van der Waals surface area contributed by atoms with Crippen molar-refractivity contribution in [2.45, 2.75) is 0 Å². The van der Waals surface area contributed by atoms with Gasteiger partial charge in [0.2, 0.25) is 5.91 Å². The molecule has 0 aliphatic carbocycles. The second-order valence-corrected chi connectivity index (χ2v) is 1.06. The molecule has 0 aliphatic heterocycles. The third kappa shape index (κ3) is 18.3. The second kappa shape index (κ2) is 10.6. The number of carbonyl (C=O) groups is 1. The van der Waals surface area contributed by atoms with Crippen molar-refractivity contribution in [3.05, 3.63) is 7.05 Å². The molecule has 5 nitrogen and oxygen atoms in total. The summed E-state index contributed by atoms with van der Waals surface area (Å²) in [5.74, 6) is -0.241. The zero-order chi connectivity index (χ0) is 7.70. The molecule has 0 aliphatic rings. The SMILES string of the molecule is [CH2-]NC(=O)CN.[O]=[Co][OH]. The molecule has 6 heteroatoms. The van der Waals surface area contributed by atoms with Crippen LogP contribution in [-0.4, -0.2) is 16.7 Å². The first-order valence-corrected chi connectivity index (χ1v) is 2.75. The first-order chi connectivity index (χ1) is 4.22. The number of hydrogen-bond acceptors (Lipinski definition) is 3. The molecule has 0 radical (unpaired) electrons. The predicted octanol–water partition coefficient (Wildman–Crippen LogP) is -1.83. The Bertz CT molecular complexity index is 81.1. The van der Waals surface area contributed by atoms with Gasteiger partial charge in [0.15, 0.2) is 0 Å². The van der Waals surface area contributed by atoms with Gasteiger partial charge in [-0.05, 0) is 0 Å². The summed E-state index contributed by atoms with van der Waals surface area (Å²) in [5, 5.41) is 2.10. The fraction of sp³-hybridized carbons (Fsp3) is 0.333. The Kier molecular flexibility index (Phi) is 13.6. The first kappa shape index (κ1) is 11.5. The summed E-state index contributed by atoms with van der Waals surface area (Å²) in [4.78, 5) is 9.88. The van der Waals surface area contributed by atoms with Crippen molar-refractivity contribution in [3.8, 4) is 0 Å². The Labute approximate surface area is 59.1 Å². The van der Waals surface area contributed by atoms with Crippen LogP contribution in [0.5, 0.6) is 0 Å². The van der Waals surface area contributed by atoms with Gasteiger partial charge < -0.3 is 11.1 Å². The van der Waals surface area contributed by atoms with Gasteiger partial charge in [-0.15, -0.1) is 0 Å². The van der Waals surface area contributed by atoms with Gasteiger partial charge in [0, 0.05) is 0 Å². The monoisotopic (exact) mass is 179 g/mol. The minimum atomic E-state index is -0.812. The summed E-state index contributed by atoms with van der Waals surface area (Å²) >= 11 is -0.812. The van der Waals surface area contributed by atoms with Crippen LogP contribution in [0.2, 0.25) is 0 Å². The molecule has 0 bridgehead atoms. The van der Waals surface area contributed by atoms with Crippen LogP contribution in [0.1, 0.15) is 0 Å². The topological polar surface area (TPSA) is 92.4 Å². The van der Waals surface area contributed by atoms with E-state index in [1.165, 1.54) is 0 Å². The molecule has 58 valence electrons. The van der Waals surface area contributed by atoms with Gasteiger partial charge in [-0.3, -0.25) is 11.8 Å². The molecule has 0 saturated heterocycles. The van der Waals surface area contributed by atoms with E-state index in [0.717, 1.165) is 0 Å². The van der Waals surface area contributed by atoms with Gasteiger partial charge in [-0.2, -0.15) is 0 Å². The number of carbonyl (C=O) groups excluding carboxylic acids is 1. The predicted molar refractivity (Wildman–Crippen MR) is 25.5 cm³/mol.